The monoisotopic (exact) mass is 346 g/mol. The molecule has 2 N–H and O–H groups in total. The van der Waals surface area contributed by atoms with Gasteiger partial charge in [0.25, 0.3) is 5.91 Å². The van der Waals surface area contributed by atoms with Crippen LogP contribution in [0.4, 0.5) is 11.4 Å². The Balaban J connectivity index is 1.65. The van der Waals surface area contributed by atoms with Crippen LogP contribution in [0.15, 0.2) is 35.7 Å². The molecule has 0 fully saturated rings. The van der Waals surface area contributed by atoms with Crippen molar-refractivity contribution in [2.75, 3.05) is 30.5 Å². The van der Waals surface area contributed by atoms with Gasteiger partial charge >= 0.3 is 0 Å². The maximum Gasteiger partial charge on any atom is 0.258 e. The molecule has 0 bridgehead atoms. The van der Waals surface area contributed by atoms with E-state index in [4.69, 9.17) is 4.74 Å². The molecule has 1 aliphatic heterocycles. The Labute approximate surface area is 145 Å². The van der Waals surface area contributed by atoms with Gasteiger partial charge in [0.1, 0.15) is 0 Å². The number of ether oxygens (including phenoxy) is 1. The van der Waals surface area contributed by atoms with Crippen LogP contribution >= 0.6 is 11.3 Å². The molecule has 2 aromatic rings. The summed E-state index contributed by atoms with van der Waals surface area (Å²) in [5.41, 5.74) is 1.65. The second kappa shape index (κ2) is 6.93. The van der Waals surface area contributed by atoms with Crippen LogP contribution in [0, 0.1) is 0 Å². The summed E-state index contributed by atoms with van der Waals surface area (Å²) in [6.07, 6.45) is 1.07. The standard InChI is InChI=1S/C18H22N2O3S/c1-18(22,12-23-2)17(21)19-14-3-5-15(6-4-14)20-9-7-16-13(11-20)8-10-24-16/h3-6,8,10,22H,7,9,11-12H2,1-2H3,(H,19,21). The molecular weight excluding hydrogens is 324 g/mol. The minimum absolute atomic E-state index is 0.0479. The molecule has 5 nitrogen and oxygen atoms in total. The summed E-state index contributed by atoms with van der Waals surface area (Å²) in [6, 6.07) is 9.91. The first-order chi connectivity index (χ1) is 11.5. The van der Waals surface area contributed by atoms with E-state index in [1.54, 1.807) is 0 Å². The molecule has 6 heteroatoms. The molecule has 3 rings (SSSR count). The summed E-state index contributed by atoms with van der Waals surface area (Å²) in [5, 5.41) is 14.9. The Bertz CT molecular complexity index is 709. The minimum atomic E-state index is -1.55. The average molecular weight is 346 g/mol. The zero-order valence-electron chi connectivity index (χ0n) is 13.9. The van der Waals surface area contributed by atoms with E-state index in [0.717, 1.165) is 25.2 Å². The van der Waals surface area contributed by atoms with Crippen molar-refractivity contribution in [2.45, 2.75) is 25.5 Å². The number of rotatable bonds is 5. The number of thiophene rings is 1. The van der Waals surface area contributed by atoms with Crippen molar-refractivity contribution in [1.29, 1.82) is 0 Å². The molecule has 1 atom stereocenters. The lowest BCUT2D eigenvalue weighted by atomic mass is 10.1. The van der Waals surface area contributed by atoms with Gasteiger partial charge in [-0.1, -0.05) is 0 Å². The van der Waals surface area contributed by atoms with Crippen LogP contribution in [0.1, 0.15) is 17.4 Å². The smallest absolute Gasteiger partial charge is 0.258 e. The fourth-order valence-corrected chi connectivity index (χ4v) is 3.73. The van der Waals surface area contributed by atoms with E-state index < -0.39 is 11.5 Å². The van der Waals surface area contributed by atoms with Gasteiger partial charge in [-0.25, -0.2) is 0 Å². The third kappa shape index (κ3) is 3.61. The van der Waals surface area contributed by atoms with Gasteiger partial charge in [0.15, 0.2) is 5.60 Å². The SMILES string of the molecule is COCC(C)(O)C(=O)Nc1ccc(N2CCc3sccc3C2)cc1. The van der Waals surface area contributed by atoms with Gasteiger partial charge in [-0.3, -0.25) is 4.79 Å². The van der Waals surface area contributed by atoms with E-state index >= 15 is 0 Å². The molecule has 24 heavy (non-hydrogen) atoms. The molecule has 0 aliphatic carbocycles. The number of amides is 1. The lowest BCUT2D eigenvalue weighted by Gasteiger charge is -2.29. The molecule has 0 saturated heterocycles. The number of nitrogens with one attached hydrogen (secondary N) is 1. The van der Waals surface area contributed by atoms with Crippen LogP contribution in [-0.4, -0.2) is 36.9 Å². The number of benzene rings is 1. The zero-order chi connectivity index (χ0) is 17.2. The third-order valence-electron chi connectivity index (χ3n) is 4.21. The van der Waals surface area contributed by atoms with Crippen molar-refractivity contribution in [2.24, 2.45) is 0 Å². The van der Waals surface area contributed by atoms with Crippen LogP contribution in [-0.2, 0) is 22.5 Å². The fourth-order valence-electron chi connectivity index (χ4n) is 2.84. The predicted molar refractivity (Wildman–Crippen MR) is 96.6 cm³/mol. The molecule has 1 aromatic heterocycles. The number of nitrogens with zero attached hydrogens (tertiary/aromatic N) is 1. The second-order valence-electron chi connectivity index (χ2n) is 6.25. The first kappa shape index (κ1) is 17.0. The zero-order valence-corrected chi connectivity index (χ0v) is 14.7. The highest BCUT2D eigenvalue weighted by molar-refractivity contribution is 7.10. The molecule has 1 unspecified atom stereocenters. The number of aliphatic hydroxyl groups is 1. The van der Waals surface area contributed by atoms with E-state index in [1.807, 2.05) is 35.6 Å². The van der Waals surface area contributed by atoms with Crippen LogP contribution in [0.5, 0.6) is 0 Å². The molecule has 1 aromatic carbocycles. The number of carbonyl (C=O) groups is 1. The Morgan fingerprint density at radius 3 is 2.83 bits per heavy atom. The Hall–Kier alpha value is -1.89. The van der Waals surface area contributed by atoms with Crippen LogP contribution in [0.3, 0.4) is 0 Å². The van der Waals surface area contributed by atoms with Gasteiger partial charge in [0, 0.05) is 36.5 Å². The molecule has 0 radical (unpaired) electrons. The Morgan fingerprint density at radius 1 is 1.38 bits per heavy atom. The highest BCUT2D eigenvalue weighted by atomic mass is 32.1. The average Bonchev–Trinajstić information content (AvgIpc) is 3.03. The Morgan fingerprint density at radius 2 is 2.12 bits per heavy atom. The van der Waals surface area contributed by atoms with E-state index in [-0.39, 0.29) is 6.61 Å². The molecule has 1 amide bonds. The topological polar surface area (TPSA) is 61.8 Å². The quantitative estimate of drug-likeness (QED) is 0.874. The Kier molecular flexibility index (Phi) is 4.89. The van der Waals surface area contributed by atoms with Gasteiger partial charge in [0.2, 0.25) is 0 Å². The van der Waals surface area contributed by atoms with Gasteiger partial charge in [0.05, 0.1) is 6.61 Å². The lowest BCUT2D eigenvalue weighted by molar-refractivity contribution is -0.137. The van der Waals surface area contributed by atoms with Gasteiger partial charge in [-0.2, -0.15) is 0 Å². The summed E-state index contributed by atoms with van der Waals surface area (Å²) in [5.74, 6) is -0.474. The molecule has 2 heterocycles. The second-order valence-corrected chi connectivity index (χ2v) is 7.25. The normalized spacial score (nSPS) is 16.4. The van der Waals surface area contributed by atoms with Crippen LogP contribution in [0.2, 0.25) is 0 Å². The molecule has 1 aliphatic rings. The van der Waals surface area contributed by atoms with Crippen molar-refractivity contribution < 1.29 is 14.6 Å². The van der Waals surface area contributed by atoms with Gasteiger partial charge < -0.3 is 20.1 Å². The molecular formula is C18H22N2O3S. The van der Waals surface area contributed by atoms with E-state index in [2.05, 4.69) is 21.7 Å². The van der Waals surface area contributed by atoms with Crippen molar-refractivity contribution in [3.8, 4) is 0 Å². The molecule has 0 saturated carbocycles. The summed E-state index contributed by atoms with van der Waals surface area (Å²) < 4.78 is 4.87. The lowest BCUT2D eigenvalue weighted by Crippen LogP contribution is -2.43. The molecule has 128 valence electrons. The number of methoxy groups -OCH3 is 1. The minimum Gasteiger partial charge on any atom is -0.381 e. The van der Waals surface area contributed by atoms with Crippen LogP contribution < -0.4 is 10.2 Å². The van der Waals surface area contributed by atoms with E-state index in [1.165, 1.54) is 24.5 Å². The first-order valence-corrected chi connectivity index (χ1v) is 8.80. The van der Waals surface area contributed by atoms with Crippen molar-refractivity contribution >= 4 is 28.6 Å². The highest BCUT2D eigenvalue weighted by Gasteiger charge is 2.30. The number of anilines is 2. The third-order valence-corrected chi connectivity index (χ3v) is 5.24. The maximum absolute atomic E-state index is 12.1. The summed E-state index contributed by atoms with van der Waals surface area (Å²) in [7, 11) is 1.45. The number of hydrogen-bond acceptors (Lipinski definition) is 5. The van der Waals surface area contributed by atoms with Crippen molar-refractivity contribution in [1.82, 2.24) is 0 Å². The summed E-state index contributed by atoms with van der Waals surface area (Å²) in [4.78, 5) is 15.9. The van der Waals surface area contributed by atoms with E-state index in [0.29, 0.717) is 5.69 Å². The van der Waals surface area contributed by atoms with Crippen molar-refractivity contribution in [3.05, 3.63) is 46.2 Å². The highest BCUT2D eigenvalue weighted by Crippen LogP contribution is 2.28. The van der Waals surface area contributed by atoms with Gasteiger partial charge in [-0.15, -0.1) is 11.3 Å². The summed E-state index contributed by atoms with van der Waals surface area (Å²) >= 11 is 1.83. The first-order valence-electron chi connectivity index (χ1n) is 7.92. The summed E-state index contributed by atoms with van der Waals surface area (Å²) in [6.45, 7) is 3.31. The van der Waals surface area contributed by atoms with E-state index in [9.17, 15) is 9.90 Å². The largest absolute Gasteiger partial charge is 0.381 e. The molecule has 0 spiro atoms. The fraction of sp³-hybridized carbons (Fsp3) is 0.389. The van der Waals surface area contributed by atoms with Gasteiger partial charge in [-0.05, 0) is 54.6 Å². The van der Waals surface area contributed by atoms with Crippen molar-refractivity contribution in [3.63, 3.8) is 0 Å². The number of carbonyl (C=O) groups excluding carboxylic acids is 1. The van der Waals surface area contributed by atoms with Crippen LogP contribution in [0.25, 0.3) is 0 Å². The number of hydrogen-bond donors (Lipinski definition) is 2. The maximum atomic E-state index is 12.1. The number of fused-ring (bicyclic) bond motifs is 1. The predicted octanol–water partition coefficient (Wildman–Crippen LogP) is 2.65.